The third kappa shape index (κ3) is 5.78. The number of nitrogens with zero attached hydrogens (tertiary/aromatic N) is 4. The Morgan fingerprint density at radius 1 is 0.525 bits per heavy atom. The fourth-order valence-electron chi connectivity index (χ4n) is 4.60. The summed E-state index contributed by atoms with van der Waals surface area (Å²) in [5.41, 5.74) is 5.68. The van der Waals surface area contributed by atoms with Gasteiger partial charge in [0.25, 0.3) is 0 Å². The molecule has 0 heterocycles. The van der Waals surface area contributed by atoms with Crippen molar-refractivity contribution in [3.8, 4) is 6.07 Å². The van der Waals surface area contributed by atoms with Crippen molar-refractivity contribution in [2.24, 2.45) is 0 Å². The number of nitriles is 1. The van der Waals surface area contributed by atoms with Crippen molar-refractivity contribution in [2.45, 2.75) is 0 Å². The van der Waals surface area contributed by atoms with E-state index in [0.717, 1.165) is 22.7 Å². The molecule has 0 fully saturated rings. The van der Waals surface area contributed by atoms with Crippen LogP contribution in [0.25, 0.3) is 26.4 Å². The smallest absolute Gasteiger partial charge is 0.189 e. The maximum atomic E-state index is 8.84. The summed E-state index contributed by atoms with van der Waals surface area (Å²) in [4.78, 5) is 7.70. The number of fused-ring (bicyclic) bond motifs is 2. The molecule has 0 saturated carbocycles. The minimum atomic E-state index is 0.662. The highest BCUT2D eigenvalue weighted by Crippen LogP contribution is 2.30. The van der Waals surface area contributed by atoms with Crippen molar-refractivity contribution >= 4 is 50.0 Å². The maximum absolute atomic E-state index is 8.84. The molecule has 0 unspecified atom stereocenters. The first kappa shape index (κ1) is 26.0. The Kier molecular flexibility index (Phi) is 7.72. The molecule has 4 heteroatoms. The molecular weight excluding hydrogens is 488 g/mol. The molecule has 40 heavy (non-hydrogen) atoms. The van der Waals surface area contributed by atoms with Crippen LogP contribution in [0.5, 0.6) is 0 Å². The molecule has 0 N–H and O–H groups in total. The lowest BCUT2D eigenvalue weighted by Gasteiger charge is -2.20. The van der Waals surface area contributed by atoms with Crippen LogP contribution >= 0.6 is 0 Å². The highest BCUT2D eigenvalue weighted by Gasteiger charge is 2.06. The van der Waals surface area contributed by atoms with E-state index in [1.807, 2.05) is 86.9 Å². The van der Waals surface area contributed by atoms with E-state index in [-0.39, 0.29) is 0 Å². The summed E-state index contributed by atoms with van der Waals surface area (Å²) < 4.78 is 0. The fourth-order valence-corrected chi connectivity index (χ4v) is 4.60. The van der Waals surface area contributed by atoms with Crippen molar-refractivity contribution in [2.75, 3.05) is 23.9 Å². The van der Waals surface area contributed by atoms with Gasteiger partial charge < -0.3 is 9.80 Å². The van der Waals surface area contributed by atoms with Gasteiger partial charge in [-0.3, -0.25) is 0 Å². The summed E-state index contributed by atoms with van der Waals surface area (Å²) in [6.07, 6.45) is 0. The zero-order valence-electron chi connectivity index (χ0n) is 22.5. The lowest BCUT2D eigenvalue weighted by Crippen LogP contribution is -2.09. The first-order valence-electron chi connectivity index (χ1n) is 13.0. The van der Waals surface area contributed by atoms with Gasteiger partial charge in [-0.2, -0.15) is 5.26 Å². The molecule has 0 atom stereocenters. The zero-order chi connectivity index (χ0) is 27.9. The van der Waals surface area contributed by atoms with Crippen LogP contribution in [-0.2, 0) is 0 Å². The average Bonchev–Trinajstić information content (AvgIpc) is 3.04. The van der Waals surface area contributed by atoms with E-state index in [4.69, 9.17) is 11.8 Å². The van der Waals surface area contributed by atoms with Crippen molar-refractivity contribution in [1.29, 1.82) is 5.26 Å². The predicted octanol–water partition coefficient (Wildman–Crippen LogP) is 9.64. The Labute approximate surface area is 235 Å². The number of anilines is 4. The van der Waals surface area contributed by atoms with Gasteiger partial charge in [0.2, 0.25) is 0 Å². The SMILES string of the molecule is CN(c1ccc(C#N)cc1)c1ccc2ccccc2c1.[C-]#[N+]c1cccc(N(C)c2ccc3ccccc3c2)c1. The first-order valence-corrected chi connectivity index (χ1v) is 13.0. The Morgan fingerprint density at radius 3 is 1.52 bits per heavy atom. The van der Waals surface area contributed by atoms with Gasteiger partial charge in [0, 0.05) is 36.8 Å². The molecule has 4 nitrogen and oxygen atoms in total. The van der Waals surface area contributed by atoms with Crippen molar-refractivity contribution in [1.82, 2.24) is 0 Å². The van der Waals surface area contributed by atoms with Crippen molar-refractivity contribution in [3.63, 3.8) is 0 Å². The molecule has 0 aliphatic carbocycles. The van der Waals surface area contributed by atoms with Gasteiger partial charge >= 0.3 is 0 Å². The molecule has 0 saturated heterocycles. The fraction of sp³-hybridized carbons (Fsp3) is 0.0556. The normalized spacial score (nSPS) is 10.2. The van der Waals surface area contributed by atoms with Crippen LogP contribution in [0, 0.1) is 17.9 Å². The summed E-state index contributed by atoms with van der Waals surface area (Å²) >= 11 is 0. The van der Waals surface area contributed by atoms with E-state index in [1.165, 1.54) is 21.5 Å². The number of rotatable bonds is 4. The van der Waals surface area contributed by atoms with Gasteiger partial charge in [0.15, 0.2) is 5.69 Å². The first-order chi connectivity index (χ1) is 19.6. The molecule has 6 aromatic carbocycles. The molecule has 192 valence electrons. The number of benzene rings is 6. The second-order valence-electron chi connectivity index (χ2n) is 9.47. The van der Waals surface area contributed by atoms with Gasteiger partial charge in [-0.05, 0) is 82.2 Å². The Bertz CT molecular complexity index is 1860. The number of hydrogen-bond acceptors (Lipinski definition) is 3. The van der Waals surface area contributed by atoms with Crippen LogP contribution in [0.3, 0.4) is 0 Å². The third-order valence-electron chi connectivity index (χ3n) is 6.97. The van der Waals surface area contributed by atoms with Crippen molar-refractivity contribution < 1.29 is 0 Å². The predicted molar refractivity (Wildman–Crippen MR) is 168 cm³/mol. The molecule has 6 rings (SSSR count). The van der Waals surface area contributed by atoms with Crippen LogP contribution in [-0.4, -0.2) is 14.1 Å². The molecule has 0 amide bonds. The Morgan fingerprint density at radius 2 is 1.00 bits per heavy atom. The minimum Gasteiger partial charge on any atom is -0.346 e. The molecule has 0 aliphatic rings. The topological polar surface area (TPSA) is 34.6 Å². The van der Waals surface area contributed by atoms with Gasteiger partial charge in [0.05, 0.1) is 18.2 Å². The summed E-state index contributed by atoms with van der Waals surface area (Å²) in [7, 11) is 4.05. The second kappa shape index (κ2) is 11.9. The molecule has 0 spiro atoms. The highest BCUT2D eigenvalue weighted by molar-refractivity contribution is 5.88. The van der Waals surface area contributed by atoms with E-state index in [0.29, 0.717) is 11.3 Å². The largest absolute Gasteiger partial charge is 0.346 e. The second-order valence-corrected chi connectivity index (χ2v) is 9.47. The molecule has 0 aliphatic heterocycles. The van der Waals surface area contributed by atoms with Crippen LogP contribution in [0.4, 0.5) is 28.4 Å². The van der Waals surface area contributed by atoms with Crippen molar-refractivity contribution in [3.05, 3.63) is 150 Å². The van der Waals surface area contributed by atoms with Crippen LogP contribution in [0.1, 0.15) is 5.56 Å². The summed E-state index contributed by atoms with van der Waals surface area (Å²) in [5.74, 6) is 0. The maximum Gasteiger partial charge on any atom is 0.189 e. The average molecular weight is 517 g/mol. The monoisotopic (exact) mass is 516 g/mol. The van der Waals surface area contributed by atoms with Gasteiger partial charge in [-0.15, -0.1) is 0 Å². The number of hydrogen-bond donors (Lipinski definition) is 0. The molecule has 0 radical (unpaired) electrons. The molecular formula is C36H28N4. The summed E-state index contributed by atoms with van der Waals surface area (Å²) in [5, 5.41) is 13.8. The van der Waals surface area contributed by atoms with Gasteiger partial charge in [-0.25, -0.2) is 4.85 Å². The van der Waals surface area contributed by atoms with Crippen LogP contribution in [0.2, 0.25) is 0 Å². The van der Waals surface area contributed by atoms with Gasteiger partial charge in [-0.1, -0.05) is 72.8 Å². The van der Waals surface area contributed by atoms with E-state index >= 15 is 0 Å². The minimum absolute atomic E-state index is 0.662. The highest BCUT2D eigenvalue weighted by atomic mass is 15.1. The standard InChI is InChI=1S/2C18H14N2/c1-19-16-8-5-9-17(13-16)20(2)18-11-10-14-6-3-4-7-15(14)12-18;1-20(17-9-6-14(13-19)7-10-17)18-11-8-15-4-2-3-5-16(15)12-18/h3-13H,2H3;2-12H,1H3. The lowest BCUT2D eigenvalue weighted by molar-refractivity contribution is 1.21. The lowest BCUT2D eigenvalue weighted by atomic mass is 10.1. The Hall–Kier alpha value is -5.58. The van der Waals surface area contributed by atoms with E-state index in [9.17, 15) is 0 Å². The van der Waals surface area contributed by atoms with E-state index in [1.54, 1.807) is 0 Å². The zero-order valence-corrected chi connectivity index (χ0v) is 22.5. The van der Waals surface area contributed by atoms with Crippen LogP contribution < -0.4 is 9.80 Å². The molecule has 0 bridgehead atoms. The molecule has 6 aromatic rings. The van der Waals surface area contributed by atoms with Gasteiger partial charge in [0.1, 0.15) is 0 Å². The third-order valence-corrected chi connectivity index (χ3v) is 6.97. The Balaban J connectivity index is 0.000000161. The summed E-state index contributed by atoms with van der Waals surface area (Å²) in [6, 6.07) is 46.9. The quantitative estimate of drug-likeness (QED) is 0.219. The summed E-state index contributed by atoms with van der Waals surface area (Å²) in [6.45, 7) is 7.10. The van der Waals surface area contributed by atoms with Crippen LogP contribution in [0.15, 0.2) is 133 Å². The van der Waals surface area contributed by atoms with E-state index in [2.05, 4.69) is 81.4 Å². The van der Waals surface area contributed by atoms with E-state index < -0.39 is 0 Å². The molecule has 0 aromatic heterocycles.